The standard InChI is InChI=1S/C16H16F3NO/c1-11-5-4-6-12(9-11)15(10-20)21-14-8-3-2-7-13(14)16(17,18)19/h2-9,15H,10,20H2,1H3. The minimum absolute atomic E-state index is 0.0929. The molecule has 0 spiro atoms. The van der Waals surface area contributed by atoms with Crippen molar-refractivity contribution >= 4 is 0 Å². The van der Waals surface area contributed by atoms with Crippen LogP contribution < -0.4 is 10.5 Å². The smallest absolute Gasteiger partial charge is 0.419 e. The van der Waals surface area contributed by atoms with E-state index in [1.54, 1.807) is 6.07 Å². The van der Waals surface area contributed by atoms with Crippen molar-refractivity contribution in [2.75, 3.05) is 6.54 Å². The van der Waals surface area contributed by atoms with E-state index in [0.717, 1.165) is 17.2 Å². The van der Waals surface area contributed by atoms with Gasteiger partial charge in [-0.05, 0) is 24.6 Å². The molecule has 112 valence electrons. The highest BCUT2D eigenvalue weighted by atomic mass is 19.4. The van der Waals surface area contributed by atoms with Crippen molar-refractivity contribution in [1.82, 2.24) is 0 Å². The van der Waals surface area contributed by atoms with Gasteiger partial charge in [-0.15, -0.1) is 0 Å². The molecule has 5 heteroatoms. The summed E-state index contributed by atoms with van der Waals surface area (Å²) in [6.07, 6.45) is -5.07. The number of aryl methyl sites for hydroxylation is 1. The Morgan fingerprint density at radius 3 is 2.43 bits per heavy atom. The van der Waals surface area contributed by atoms with E-state index in [-0.39, 0.29) is 12.3 Å². The molecule has 21 heavy (non-hydrogen) atoms. The van der Waals surface area contributed by atoms with Crippen LogP contribution in [0.5, 0.6) is 5.75 Å². The monoisotopic (exact) mass is 295 g/mol. The van der Waals surface area contributed by atoms with Gasteiger partial charge in [0.2, 0.25) is 0 Å². The highest BCUT2D eigenvalue weighted by Gasteiger charge is 2.34. The minimum atomic E-state index is -4.46. The van der Waals surface area contributed by atoms with Crippen molar-refractivity contribution < 1.29 is 17.9 Å². The lowest BCUT2D eigenvalue weighted by atomic mass is 10.1. The first-order chi connectivity index (χ1) is 9.91. The van der Waals surface area contributed by atoms with E-state index in [1.807, 2.05) is 25.1 Å². The minimum Gasteiger partial charge on any atom is -0.484 e. The molecule has 0 aliphatic rings. The zero-order chi connectivity index (χ0) is 15.5. The number of hydrogen-bond donors (Lipinski definition) is 1. The lowest BCUT2D eigenvalue weighted by Gasteiger charge is -2.21. The predicted octanol–water partition coefficient (Wildman–Crippen LogP) is 4.09. The normalized spacial score (nSPS) is 13.0. The summed E-state index contributed by atoms with van der Waals surface area (Å²) in [5.41, 5.74) is 6.62. The number of rotatable bonds is 4. The van der Waals surface area contributed by atoms with E-state index >= 15 is 0 Å². The van der Waals surface area contributed by atoms with Gasteiger partial charge in [0.1, 0.15) is 11.9 Å². The molecule has 2 N–H and O–H groups in total. The highest BCUT2D eigenvalue weighted by molar-refractivity contribution is 5.36. The average molecular weight is 295 g/mol. The van der Waals surface area contributed by atoms with Gasteiger partial charge < -0.3 is 10.5 Å². The Balaban J connectivity index is 2.32. The Morgan fingerprint density at radius 2 is 1.81 bits per heavy atom. The SMILES string of the molecule is Cc1cccc(C(CN)Oc2ccccc2C(F)(F)F)c1. The quantitative estimate of drug-likeness (QED) is 0.922. The molecule has 0 amide bonds. The fraction of sp³-hybridized carbons (Fsp3) is 0.250. The molecule has 0 saturated heterocycles. The molecule has 0 bridgehead atoms. The summed E-state index contributed by atoms with van der Waals surface area (Å²) in [4.78, 5) is 0. The molecule has 0 saturated carbocycles. The van der Waals surface area contributed by atoms with Gasteiger partial charge in [-0.3, -0.25) is 0 Å². The van der Waals surface area contributed by atoms with E-state index in [9.17, 15) is 13.2 Å². The maximum Gasteiger partial charge on any atom is 0.419 e. The molecule has 0 aliphatic heterocycles. The second-order valence-electron chi connectivity index (χ2n) is 4.75. The molecule has 0 radical (unpaired) electrons. The summed E-state index contributed by atoms with van der Waals surface area (Å²) >= 11 is 0. The number of alkyl halides is 3. The first-order valence-electron chi connectivity index (χ1n) is 6.51. The molecular weight excluding hydrogens is 279 g/mol. The molecule has 1 atom stereocenters. The van der Waals surface area contributed by atoms with Crippen molar-refractivity contribution in [3.63, 3.8) is 0 Å². The third-order valence-electron chi connectivity index (χ3n) is 3.09. The summed E-state index contributed by atoms with van der Waals surface area (Å²) in [6, 6.07) is 12.5. The van der Waals surface area contributed by atoms with E-state index in [1.165, 1.54) is 18.2 Å². The first kappa shape index (κ1) is 15.4. The molecule has 2 nitrogen and oxygen atoms in total. The molecule has 1 unspecified atom stereocenters. The molecule has 2 aromatic rings. The van der Waals surface area contributed by atoms with E-state index in [4.69, 9.17) is 10.5 Å². The van der Waals surface area contributed by atoms with E-state index in [2.05, 4.69) is 0 Å². The number of halogens is 3. The summed E-state index contributed by atoms with van der Waals surface area (Å²) in [5, 5.41) is 0. The fourth-order valence-corrected chi connectivity index (χ4v) is 2.08. The zero-order valence-electron chi connectivity index (χ0n) is 11.5. The van der Waals surface area contributed by atoms with Crippen molar-refractivity contribution in [3.05, 3.63) is 65.2 Å². The highest BCUT2D eigenvalue weighted by Crippen LogP contribution is 2.37. The van der Waals surface area contributed by atoms with Crippen LogP contribution in [0.1, 0.15) is 22.8 Å². The third kappa shape index (κ3) is 3.76. The number of nitrogens with two attached hydrogens (primary N) is 1. The zero-order valence-corrected chi connectivity index (χ0v) is 11.5. The molecule has 0 aliphatic carbocycles. The number of hydrogen-bond acceptors (Lipinski definition) is 2. The third-order valence-corrected chi connectivity index (χ3v) is 3.09. The summed E-state index contributed by atoms with van der Waals surface area (Å²) < 4.78 is 44.4. The van der Waals surface area contributed by atoms with Gasteiger partial charge in [0.05, 0.1) is 5.56 Å². The van der Waals surface area contributed by atoms with Crippen LogP contribution >= 0.6 is 0 Å². The second-order valence-corrected chi connectivity index (χ2v) is 4.75. The molecule has 0 heterocycles. The summed E-state index contributed by atoms with van der Waals surface area (Å²) in [6.45, 7) is 2.00. The molecule has 0 aromatic heterocycles. The van der Waals surface area contributed by atoms with Crippen molar-refractivity contribution in [2.24, 2.45) is 5.73 Å². The predicted molar refractivity (Wildman–Crippen MR) is 75.0 cm³/mol. The van der Waals surface area contributed by atoms with Gasteiger partial charge in [0.15, 0.2) is 0 Å². The molecular formula is C16H16F3NO. The second kappa shape index (κ2) is 6.18. The Morgan fingerprint density at radius 1 is 1.10 bits per heavy atom. The van der Waals surface area contributed by atoms with Gasteiger partial charge >= 0.3 is 6.18 Å². The van der Waals surface area contributed by atoms with Crippen LogP contribution in [0.15, 0.2) is 48.5 Å². The Kier molecular flexibility index (Phi) is 4.53. The lowest BCUT2D eigenvalue weighted by molar-refractivity contribution is -0.139. The molecule has 0 fully saturated rings. The van der Waals surface area contributed by atoms with Gasteiger partial charge in [-0.1, -0.05) is 42.0 Å². The van der Waals surface area contributed by atoms with Crippen LogP contribution in [0.3, 0.4) is 0 Å². The van der Waals surface area contributed by atoms with Crippen LogP contribution in [0, 0.1) is 6.92 Å². The van der Waals surface area contributed by atoms with E-state index in [0.29, 0.717) is 0 Å². The summed E-state index contributed by atoms with van der Waals surface area (Å²) in [7, 11) is 0. The van der Waals surface area contributed by atoms with E-state index < -0.39 is 17.8 Å². The fourth-order valence-electron chi connectivity index (χ4n) is 2.08. The van der Waals surface area contributed by atoms with Gasteiger partial charge in [-0.2, -0.15) is 13.2 Å². The largest absolute Gasteiger partial charge is 0.484 e. The Hall–Kier alpha value is -2.01. The van der Waals surface area contributed by atoms with Gasteiger partial charge in [-0.25, -0.2) is 0 Å². The maximum atomic E-state index is 13.0. The van der Waals surface area contributed by atoms with Crippen molar-refractivity contribution in [2.45, 2.75) is 19.2 Å². The van der Waals surface area contributed by atoms with Crippen LogP contribution in [0.4, 0.5) is 13.2 Å². The van der Waals surface area contributed by atoms with Crippen LogP contribution in [-0.4, -0.2) is 6.54 Å². The van der Waals surface area contributed by atoms with Crippen molar-refractivity contribution in [3.8, 4) is 5.75 Å². The number of para-hydroxylation sites is 1. The molecule has 2 aromatic carbocycles. The van der Waals surface area contributed by atoms with Gasteiger partial charge in [0.25, 0.3) is 0 Å². The summed E-state index contributed by atoms with van der Waals surface area (Å²) in [5.74, 6) is -0.207. The number of ether oxygens (including phenoxy) is 1. The van der Waals surface area contributed by atoms with Crippen molar-refractivity contribution in [1.29, 1.82) is 0 Å². The lowest BCUT2D eigenvalue weighted by Crippen LogP contribution is -2.20. The van der Waals surface area contributed by atoms with Crippen LogP contribution in [0.2, 0.25) is 0 Å². The average Bonchev–Trinajstić information content (AvgIpc) is 2.44. The van der Waals surface area contributed by atoms with Gasteiger partial charge in [0, 0.05) is 6.54 Å². The molecule has 2 rings (SSSR count). The Bertz CT molecular complexity index is 610. The maximum absolute atomic E-state index is 13.0. The number of benzene rings is 2. The topological polar surface area (TPSA) is 35.2 Å². The first-order valence-corrected chi connectivity index (χ1v) is 6.51. The Labute approximate surface area is 121 Å². The van der Waals surface area contributed by atoms with Crippen LogP contribution in [-0.2, 0) is 6.18 Å². The van der Waals surface area contributed by atoms with Crippen LogP contribution in [0.25, 0.3) is 0 Å².